The van der Waals surface area contributed by atoms with E-state index in [1.54, 1.807) is 23.5 Å². The van der Waals surface area contributed by atoms with E-state index >= 15 is 0 Å². The van der Waals surface area contributed by atoms with Gasteiger partial charge in [-0.05, 0) is 43.5 Å². The SMILES string of the molecule is C[C@@H](Sc1ncnc2cc(-c3ccc(F)cc3)sc12)C(=O)NC[C@@H]1CCCO1. The lowest BCUT2D eigenvalue weighted by molar-refractivity contribution is -0.120. The molecule has 0 spiro atoms. The molecule has 1 saturated heterocycles. The zero-order chi connectivity index (χ0) is 19.5. The lowest BCUT2D eigenvalue weighted by atomic mass is 10.2. The molecule has 2 atom stereocenters. The maximum absolute atomic E-state index is 13.2. The fourth-order valence-electron chi connectivity index (χ4n) is 3.06. The van der Waals surface area contributed by atoms with E-state index in [0.717, 1.165) is 45.1 Å². The number of aromatic nitrogens is 2. The smallest absolute Gasteiger partial charge is 0.233 e. The number of fused-ring (bicyclic) bond motifs is 1. The van der Waals surface area contributed by atoms with E-state index in [1.165, 1.54) is 30.2 Å². The first-order chi connectivity index (χ1) is 13.6. The number of carbonyl (C=O) groups is 1. The Labute approximate surface area is 170 Å². The largest absolute Gasteiger partial charge is 0.376 e. The second kappa shape index (κ2) is 8.55. The number of hydrogen-bond donors (Lipinski definition) is 1. The second-order valence-electron chi connectivity index (χ2n) is 6.65. The van der Waals surface area contributed by atoms with Crippen molar-refractivity contribution >= 4 is 39.2 Å². The van der Waals surface area contributed by atoms with Gasteiger partial charge in [-0.15, -0.1) is 11.3 Å². The van der Waals surface area contributed by atoms with Crippen LogP contribution in [0, 0.1) is 5.82 Å². The number of ether oxygens (including phenoxy) is 1. The van der Waals surface area contributed by atoms with Crippen LogP contribution in [0.3, 0.4) is 0 Å². The molecule has 0 bridgehead atoms. The topological polar surface area (TPSA) is 64.1 Å². The highest BCUT2D eigenvalue weighted by Crippen LogP contribution is 2.38. The maximum Gasteiger partial charge on any atom is 0.233 e. The molecule has 0 saturated carbocycles. The van der Waals surface area contributed by atoms with Crippen LogP contribution >= 0.6 is 23.1 Å². The first-order valence-corrected chi connectivity index (χ1v) is 10.9. The second-order valence-corrected chi connectivity index (χ2v) is 9.03. The van der Waals surface area contributed by atoms with Gasteiger partial charge in [0.1, 0.15) is 17.2 Å². The summed E-state index contributed by atoms with van der Waals surface area (Å²) in [6, 6.07) is 8.37. The van der Waals surface area contributed by atoms with Gasteiger partial charge in [0.05, 0.1) is 21.6 Å². The molecule has 1 N–H and O–H groups in total. The molecule has 3 aromatic rings. The number of thiophene rings is 1. The summed E-state index contributed by atoms with van der Waals surface area (Å²) in [6.07, 6.45) is 3.69. The molecule has 28 heavy (non-hydrogen) atoms. The Hall–Kier alpha value is -2.03. The third-order valence-electron chi connectivity index (χ3n) is 4.59. The van der Waals surface area contributed by atoms with Crippen molar-refractivity contribution in [3.05, 3.63) is 42.5 Å². The van der Waals surface area contributed by atoms with E-state index in [1.807, 2.05) is 13.0 Å². The summed E-state index contributed by atoms with van der Waals surface area (Å²) in [7, 11) is 0. The number of nitrogens with one attached hydrogen (secondary N) is 1. The molecule has 1 aromatic carbocycles. The lowest BCUT2D eigenvalue weighted by Gasteiger charge is -2.14. The summed E-state index contributed by atoms with van der Waals surface area (Å²) in [6.45, 7) is 3.20. The summed E-state index contributed by atoms with van der Waals surface area (Å²) in [5.74, 6) is -0.286. The van der Waals surface area contributed by atoms with Crippen molar-refractivity contribution < 1.29 is 13.9 Å². The third kappa shape index (κ3) is 4.34. The molecule has 2 aromatic heterocycles. The van der Waals surface area contributed by atoms with Crippen molar-refractivity contribution in [2.24, 2.45) is 0 Å². The van der Waals surface area contributed by atoms with Crippen molar-refractivity contribution in [3.63, 3.8) is 0 Å². The summed E-state index contributed by atoms with van der Waals surface area (Å²) in [4.78, 5) is 22.2. The summed E-state index contributed by atoms with van der Waals surface area (Å²) in [5, 5.41) is 3.47. The van der Waals surface area contributed by atoms with Gasteiger partial charge in [-0.25, -0.2) is 14.4 Å². The average Bonchev–Trinajstić information content (AvgIpc) is 3.36. The molecule has 0 aliphatic carbocycles. The molecule has 8 heteroatoms. The van der Waals surface area contributed by atoms with E-state index in [4.69, 9.17) is 4.74 Å². The molecule has 4 rings (SSSR count). The number of thioether (sulfide) groups is 1. The van der Waals surface area contributed by atoms with E-state index in [-0.39, 0.29) is 23.1 Å². The normalized spacial score (nSPS) is 17.7. The Morgan fingerprint density at radius 3 is 2.96 bits per heavy atom. The van der Waals surface area contributed by atoms with Gasteiger partial charge in [0.15, 0.2) is 0 Å². The van der Waals surface area contributed by atoms with E-state index < -0.39 is 0 Å². The molecule has 1 aliphatic heterocycles. The third-order valence-corrected chi connectivity index (χ3v) is 7.00. The van der Waals surface area contributed by atoms with Gasteiger partial charge >= 0.3 is 0 Å². The minimum Gasteiger partial charge on any atom is -0.376 e. The quantitative estimate of drug-likeness (QED) is 0.479. The number of rotatable bonds is 6. The molecule has 1 amide bonds. The van der Waals surface area contributed by atoms with Crippen LogP contribution in [-0.4, -0.2) is 40.4 Å². The molecule has 5 nitrogen and oxygen atoms in total. The van der Waals surface area contributed by atoms with Crippen LogP contribution in [0.2, 0.25) is 0 Å². The number of benzene rings is 1. The Bertz CT molecular complexity index is 971. The van der Waals surface area contributed by atoms with E-state index in [9.17, 15) is 9.18 Å². The van der Waals surface area contributed by atoms with Gasteiger partial charge in [0, 0.05) is 18.0 Å². The van der Waals surface area contributed by atoms with Crippen LogP contribution in [0.1, 0.15) is 19.8 Å². The van der Waals surface area contributed by atoms with Crippen LogP contribution in [0.15, 0.2) is 41.7 Å². The summed E-state index contributed by atoms with van der Waals surface area (Å²) >= 11 is 2.97. The maximum atomic E-state index is 13.2. The van der Waals surface area contributed by atoms with Gasteiger partial charge in [-0.1, -0.05) is 23.9 Å². The standard InChI is InChI=1S/C20H20FN3O2S2/c1-12(19(25)22-10-15-3-2-8-26-15)27-20-18-16(23-11-24-20)9-17(28-18)13-4-6-14(21)7-5-13/h4-7,9,11-12,15H,2-3,8,10H2,1H3,(H,22,25)/t12-,15+/m1/s1. The molecule has 146 valence electrons. The Morgan fingerprint density at radius 1 is 1.39 bits per heavy atom. The van der Waals surface area contributed by atoms with Crippen LogP contribution in [0.5, 0.6) is 0 Å². The van der Waals surface area contributed by atoms with Crippen LogP contribution in [0.4, 0.5) is 4.39 Å². The fourth-order valence-corrected chi connectivity index (χ4v) is 5.17. The molecule has 0 unspecified atom stereocenters. The van der Waals surface area contributed by atoms with Gasteiger partial charge in [-0.2, -0.15) is 0 Å². The minimum absolute atomic E-state index is 0.0254. The number of carbonyl (C=O) groups excluding carboxylic acids is 1. The number of halogens is 1. The first kappa shape index (κ1) is 19.3. The highest BCUT2D eigenvalue weighted by atomic mass is 32.2. The Kier molecular flexibility index (Phi) is 5.89. The summed E-state index contributed by atoms with van der Waals surface area (Å²) < 4.78 is 19.7. The summed E-state index contributed by atoms with van der Waals surface area (Å²) in [5.41, 5.74) is 1.76. The first-order valence-electron chi connectivity index (χ1n) is 9.16. The number of nitrogens with zero attached hydrogens (tertiary/aromatic N) is 2. The monoisotopic (exact) mass is 417 g/mol. The van der Waals surface area contributed by atoms with Crippen molar-refractivity contribution in [1.29, 1.82) is 0 Å². The van der Waals surface area contributed by atoms with Gasteiger partial charge < -0.3 is 10.1 Å². The minimum atomic E-state index is -0.282. The van der Waals surface area contributed by atoms with Crippen molar-refractivity contribution in [3.8, 4) is 10.4 Å². The van der Waals surface area contributed by atoms with Gasteiger partial charge in [-0.3, -0.25) is 4.79 Å². The highest BCUT2D eigenvalue weighted by Gasteiger charge is 2.21. The predicted molar refractivity (Wildman–Crippen MR) is 110 cm³/mol. The average molecular weight is 418 g/mol. The van der Waals surface area contributed by atoms with E-state index in [0.29, 0.717) is 6.54 Å². The van der Waals surface area contributed by atoms with Crippen LogP contribution in [0.25, 0.3) is 20.7 Å². The Morgan fingerprint density at radius 2 is 2.21 bits per heavy atom. The van der Waals surface area contributed by atoms with Crippen molar-refractivity contribution in [2.45, 2.75) is 36.1 Å². The van der Waals surface area contributed by atoms with Crippen LogP contribution in [-0.2, 0) is 9.53 Å². The number of hydrogen-bond acceptors (Lipinski definition) is 6. The molecule has 1 aliphatic rings. The molecule has 0 radical (unpaired) electrons. The molecule has 3 heterocycles. The predicted octanol–water partition coefficient (Wildman–Crippen LogP) is 4.27. The van der Waals surface area contributed by atoms with Crippen molar-refractivity contribution in [2.75, 3.05) is 13.2 Å². The van der Waals surface area contributed by atoms with Crippen LogP contribution < -0.4 is 5.32 Å². The van der Waals surface area contributed by atoms with E-state index in [2.05, 4.69) is 15.3 Å². The zero-order valence-electron chi connectivity index (χ0n) is 15.4. The fraction of sp³-hybridized carbons (Fsp3) is 0.350. The van der Waals surface area contributed by atoms with Gasteiger partial charge in [0.25, 0.3) is 0 Å². The lowest BCUT2D eigenvalue weighted by Crippen LogP contribution is -2.36. The Balaban J connectivity index is 1.48. The molecular formula is C20H20FN3O2S2. The molecule has 1 fully saturated rings. The van der Waals surface area contributed by atoms with Crippen molar-refractivity contribution in [1.82, 2.24) is 15.3 Å². The van der Waals surface area contributed by atoms with Gasteiger partial charge in [0.2, 0.25) is 5.91 Å². The molecular weight excluding hydrogens is 397 g/mol. The number of amides is 1. The zero-order valence-corrected chi connectivity index (χ0v) is 17.0. The highest BCUT2D eigenvalue weighted by molar-refractivity contribution is 8.00.